The predicted octanol–water partition coefficient (Wildman–Crippen LogP) is 2.35. The van der Waals surface area contributed by atoms with Gasteiger partial charge in [0.1, 0.15) is 23.2 Å². The van der Waals surface area contributed by atoms with Crippen molar-refractivity contribution in [1.82, 2.24) is 0 Å². The quantitative estimate of drug-likeness (QED) is 0.575. The molecule has 0 fully saturated rings. The maximum absolute atomic E-state index is 14.2. The van der Waals surface area contributed by atoms with Crippen LogP contribution in [-0.2, 0) is 25.5 Å². The third kappa shape index (κ3) is 4.74. The molecule has 7 nitrogen and oxygen atoms in total. The predicted molar refractivity (Wildman–Crippen MR) is 96.2 cm³/mol. The molecule has 0 saturated carbocycles. The number of aromatic hydroxyl groups is 1. The molecule has 28 heavy (non-hydrogen) atoms. The van der Waals surface area contributed by atoms with Crippen molar-refractivity contribution < 1.29 is 38.1 Å². The molecule has 3 atom stereocenters. The van der Waals surface area contributed by atoms with Gasteiger partial charge in [-0.05, 0) is 43.7 Å². The number of phenolic OH excluding ortho intramolecular Hbond substituents is 1. The number of cyclic esters (lactones) is 1. The number of carbonyl (C=O) groups excluding carboxylic acids is 4. The fourth-order valence-electron chi connectivity index (χ4n) is 3.01. The van der Waals surface area contributed by atoms with Gasteiger partial charge in [0, 0.05) is 12.5 Å². The van der Waals surface area contributed by atoms with Gasteiger partial charge in [0.25, 0.3) is 5.78 Å². The Labute approximate surface area is 161 Å². The average Bonchev–Trinajstić information content (AvgIpc) is 2.65. The number of ketones is 3. The standard InChI is InChI=1S/C20H23FO7/c1-10-7-14(21)18(24)19(25)15(22)6-4-5-12-8-13(27-3)9-16(23)17(12)20(26)28-11(10)2/h8-11,14,23H,4-7H2,1-3H3/t10-,11-,14?/m0/s1. The molecule has 1 unspecified atom stereocenters. The summed E-state index contributed by atoms with van der Waals surface area (Å²) < 4.78 is 24.6. The molecule has 0 radical (unpaired) electrons. The van der Waals surface area contributed by atoms with Gasteiger partial charge in [0.05, 0.1) is 7.11 Å². The Kier molecular flexibility index (Phi) is 6.88. The van der Waals surface area contributed by atoms with Crippen molar-refractivity contribution >= 4 is 23.3 Å². The number of esters is 1. The highest BCUT2D eigenvalue weighted by Crippen LogP contribution is 2.31. The van der Waals surface area contributed by atoms with Crippen molar-refractivity contribution in [3.05, 3.63) is 23.3 Å². The molecule has 8 heteroatoms. The lowest BCUT2D eigenvalue weighted by Gasteiger charge is -2.23. The molecule has 0 amide bonds. The summed E-state index contributed by atoms with van der Waals surface area (Å²) in [5.41, 5.74) is 0.317. The number of alkyl halides is 1. The summed E-state index contributed by atoms with van der Waals surface area (Å²) >= 11 is 0. The van der Waals surface area contributed by atoms with Crippen molar-refractivity contribution in [3.63, 3.8) is 0 Å². The van der Waals surface area contributed by atoms with Crippen LogP contribution in [0.1, 0.15) is 49.0 Å². The van der Waals surface area contributed by atoms with E-state index in [9.17, 15) is 28.7 Å². The van der Waals surface area contributed by atoms with Gasteiger partial charge >= 0.3 is 5.97 Å². The van der Waals surface area contributed by atoms with E-state index in [1.165, 1.54) is 26.2 Å². The fraction of sp³-hybridized carbons (Fsp3) is 0.500. The Morgan fingerprint density at radius 2 is 1.82 bits per heavy atom. The van der Waals surface area contributed by atoms with Crippen molar-refractivity contribution in [1.29, 1.82) is 0 Å². The lowest BCUT2D eigenvalue weighted by atomic mass is 9.93. The largest absolute Gasteiger partial charge is 0.507 e. The number of phenols is 1. The van der Waals surface area contributed by atoms with Gasteiger partial charge in [0.15, 0.2) is 6.17 Å². The fourth-order valence-corrected chi connectivity index (χ4v) is 3.01. The number of ether oxygens (including phenoxy) is 2. The van der Waals surface area contributed by atoms with E-state index < -0.39 is 41.5 Å². The molecular formula is C20H23FO7. The van der Waals surface area contributed by atoms with Crippen LogP contribution < -0.4 is 4.74 Å². The summed E-state index contributed by atoms with van der Waals surface area (Å²) in [5.74, 6) is -5.12. The van der Waals surface area contributed by atoms with Crippen LogP contribution in [0.3, 0.4) is 0 Å². The number of carbonyl (C=O) groups is 4. The summed E-state index contributed by atoms with van der Waals surface area (Å²) in [6.45, 7) is 3.09. The van der Waals surface area contributed by atoms with E-state index >= 15 is 0 Å². The third-order valence-corrected chi connectivity index (χ3v) is 4.90. The zero-order valence-corrected chi connectivity index (χ0v) is 16.0. The lowest BCUT2D eigenvalue weighted by molar-refractivity contribution is -0.146. The van der Waals surface area contributed by atoms with E-state index in [0.29, 0.717) is 11.3 Å². The minimum Gasteiger partial charge on any atom is -0.507 e. The molecule has 1 aliphatic rings. The van der Waals surface area contributed by atoms with Gasteiger partial charge in [0.2, 0.25) is 11.6 Å². The molecule has 1 aromatic carbocycles. The first-order valence-electron chi connectivity index (χ1n) is 9.02. The third-order valence-electron chi connectivity index (χ3n) is 4.90. The second-order valence-corrected chi connectivity index (χ2v) is 6.94. The Balaban J connectivity index is 2.43. The first-order valence-corrected chi connectivity index (χ1v) is 9.02. The van der Waals surface area contributed by atoms with Crippen molar-refractivity contribution in [2.45, 2.75) is 51.8 Å². The molecule has 0 spiro atoms. The van der Waals surface area contributed by atoms with E-state index in [0.717, 1.165) is 0 Å². The van der Waals surface area contributed by atoms with Crippen molar-refractivity contribution in [2.75, 3.05) is 7.11 Å². The average molecular weight is 394 g/mol. The highest BCUT2D eigenvalue weighted by molar-refractivity contribution is 6.64. The van der Waals surface area contributed by atoms with Gasteiger partial charge in [-0.1, -0.05) is 6.92 Å². The summed E-state index contributed by atoms with van der Waals surface area (Å²) in [7, 11) is 1.40. The Morgan fingerprint density at radius 1 is 1.14 bits per heavy atom. The number of aryl methyl sites for hydroxylation is 1. The van der Waals surface area contributed by atoms with E-state index in [4.69, 9.17) is 9.47 Å². The van der Waals surface area contributed by atoms with Crippen LogP contribution in [0.4, 0.5) is 4.39 Å². The van der Waals surface area contributed by atoms with Crippen LogP contribution in [-0.4, -0.2) is 47.8 Å². The Hall–Kier alpha value is -2.77. The first-order chi connectivity index (χ1) is 13.1. The topological polar surface area (TPSA) is 107 Å². The number of fused-ring (bicyclic) bond motifs is 1. The highest BCUT2D eigenvalue weighted by atomic mass is 19.1. The van der Waals surface area contributed by atoms with Crippen LogP contribution in [0.15, 0.2) is 12.1 Å². The lowest BCUT2D eigenvalue weighted by Crippen LogP contribution is -2.34. The number of Topliss-reactive ketones (excluding diaryl/α,β-unsaturated/α-hetero) is 3. The molecule has 0 bridgehead atoms. The number of hydrogen-bond donors (Lipinski definition) is 1. The van der Waals surface area contributed by atoms with E-state index in [1.54, 1.807) is 6.92 Å². The maximum atomic E-state index is 14.2. The number of rotatable bonds is 1. The summed E-state index contributed by atoms with van der Waals surface area (Å²) in [6, 6.07) is 2.80. The molecule has 2 rings (SSSR count). The van der Waals surface area contributed by atoms with E-state index in [-0.39, 0.29) is 37.0 Å². The molecule has 1 heterocycles. The molecule has 1 aromatic rings. The maximum Gasteiger partial charge on any atom is 0.342 e. The molecule has 0 aromatic heterocycles. The number of hydrogen-bond acceptors (Lipinski definition) is 7. The Bertz CT molecular complexity index is 802. The van der Waals surface area contributed by atoms with E-state index in [1.807, 2.05) is 0 Å². The Morgan fingerprint density at radius 3 is 2.46 bits per heavy atom. The summed E-state index contributed by atoms with van der Waals surface area (Å²) in [6.07, 6.45) is -3.31. The zero-order chi connectivity index (χ0) is 21.0. The minimum atomic E-state index is -2.14. The summed E-state index contributed by atoms with van der Waals surface area (Å²) in [5, 5.41) is 10.3. The van der Waals surface area contributed by atoms with Gasteiger partial charge in [-0.25, -0.2) is 9.18 Å². The molecule has 0 saturated heterocycles. The smallest absolute Gasteiger partial charge is 0.342 e. The minimum absolute atomic E-state index is 0.0661. The zero-order valence-electron chi connectivity index (χ0n) is 16.0. The van der Waals surface area contributed by atoms with Crippen LogP contribution in [0.5, 0.6) is 11.5 Å². The highest BCUT2D eigenvalue weighted by Gasteiger charge is 2.33. The van der Waals surface area contributed by atoms with Crippen LogP contribution in [0, 0.1) is 5.92 Å². The molecular weight excluding hydrogens is 371 g/mol. The first kappa shape index (κ1) is 21.5. The normalized spacial score (nSPS) is 24.9. The van der Waals surface area contributed by atoms with Crippen LogP contribution >= 0.6 is 0 Å². The van der Waals surface area contributed by atoms with E-state index in [2.05, 4.69) is 0 Å². The van der Waals surface area contributed by atoms with Gasteiger partial charge in [-0.2, -0.15) is 0 Å². The SMILES string of the molecule is COc1cc(O)c2c(c1)CCCC(=O)C(=O)C(=O)C(F)C[C@H](C)[C@H](C)OC2=O. The van der Waals surface area contributed by atoms with Gasteiger partial charge in [-0.15, -0.1) is 0 Å². The monoisotopic (exact) mass is 394 g/mol. The van der Waals surface area contributed by atoms with Crippen LogP contribution in [0.25, 0.3) is 0 Å². The number of halogens is 1. The molecule has 0 aliphatic carbocycles. The second-order valence-electron chi connectivity index (χ2n) is 6.94. The van der Waals surface area contributed by atoms with Gasteiger partial charge in [-0.3, -0.25) is 14.4 Å². The van der Waals surface area contributed by atoms with Crippen molar-refractivity contribution in [2.24, 2.45) is 5.92 Å². The molecule has 1 N–H and O–H groups in total. The molecule has 1 aliphatic heterocycles. The van der Waals surface area contributed by atoms with Gasteiger partial charge < -0.3 is 14.6 Å². The number of methoxy groups -OCH3 is 1. The number of benzene rings is 1. The van der Waals surface area contributed by atoms with Crippen LogP contribution in [0.2, 0.25) is 0 Å². The van der Waals surface area contributed by atoms with Crippen molar-refractivity contribution in [3.8, 4) is 11.5 Å². The summed E-state index contributed by atoms with van der Waals surface area (Å²) in [4.78, 5) is 48.3. The second kappa shape index (κ2) is 8.95. The molecule has 152 valence electrons.